The predicted octanol–water partition coefficient (Wildman–Crippen LogP) is 11.4. The predicted molar refractivity (Wildman–Crippen MR) is 184 cm³/mol. The fourth-order valence-electron chi connectivity index (χ4n) is 4.25. The minimum Gasteiger partial charge on any atom is -0.395 e. The van der Waals surface area contributed by atoms with E-state index in [4.69, 9.17) is 18.9 Å². The normalized spacial score (nSPS) is 9.96. The van der Waals surface area contributed by atoms with Crippen LogP contribution in [0.25, 0.3) is 0 Å². The van der Waals surface area contributed by atoms with E-state index in [1.165, 1.54) is 5.56 Å². The molecule has 0 bridgehead atoms. The number of para-hydroxylation sites is 2. The Morgan fingerprint density at radius 1 is 0.489 bits per heavy atom. The Balaban J connectivity index is 0.000000409. The highest BCUT2D eigenvalue weighted by Gasteiger charge is 2.19. The van der Waals surface area contributed by atoms with Crippen LogP contribution in [0.1, 0.15) is 81.8 Å². The number of benzene rings is 4. The van der Waals surface area contributed by atoms with Crippen LogP contribution in [0.4, 0.5) is 9.59 Å². The topological polar surface area (TPSA) is 71.1 Å². The summed E-state index contributed by atoms with van der Waals surface area (Å²) in [5, 5.41) is 0. The van der Waals surface area contributed by atoms with Crippen molar-refractivity contribution in [3.8, 4) is 23.0 Å². The van der Waals surface area contributed by atoms with Gasteiger partial charge in [-0.3, -0.25) is 0 Å². The number of ether oxygens (including phenoxy) is 4. The molecule has 4 aromatic rings. The maximum atomic E-state index is 11.9. The summed E-state index contributed by atoms with van der Waals surface area (Å²) in [7, 11) is 0. The van der Waals surface area contributed by atoms with Crippen LogP contribution in [0.2, 0.25) is 0 Å². The number of carbonyl (C=O) groups excluding carboxylic acids is 2. The number of hydrogen-bond acceptors (Lipinski definition) is 6. The molecule has 0 heterocycles. The SMILES string of the molecule is CC.CC.Cc1cc(C(C)(C)C)cc(C)c1OC(=O)Oc1ccccc1.Cc1cc(C)c(OC(=O)Oc2ccccc2)c(C)c1. The zero-order valence-electron chi connectivity index (χ0n) is 29.0. The van der Waals surface area contributed by atoms with Gasteiger partial charge in [0.15, 0.2) is 0 Å². The van der Waals surface area contributed by atoms with Crippen LogP contribution in [0, 0.1) is 34.6 Å². The van der Waals surface area contributed by atoms with Gasteiger partial charge in [-0.15, -0.1) is 0 Å². The Morgan fingerprint density at radius 3 is 1.11 bits per heavy atom. The van der Waals surface area contributed by atoms with Crippen molar-refractivity contribution >= 4 is 12.3 Å². The van der Waals surface area contributed by atoms with Gasteiger partial charge in [-0.1, -0.05) is 115 Å². The number of carbonyl (C=O) groups is 2. The summed E-state index contributed by atoms with van der Waals surface area (Å²) in [5.74, 6) is 2.06. The van der Waals surface area contributed by atoms with Crippen LogP contribution in [-0.4, -0.2) is 12.3 Å². The lowest BCUT2D eigenvalue weighted by Gasteiger charge is -2.21. The zero-order valence-corrected chi connectivity index (χ0v) is 29.0. The average molecular weight is 615 g/mol. The summed E-state index contributed by atoms with van der Waals surface area (Å²) in [6.45, 7) is 24.2. The third-order valence-electron chi connectivity index (χ3n) is 6.19. The highest BCUT2D eigenvalue weighted by atomic mass is 16.7. The first-order chi connectivity index (χ1) is 21.3. The number of rotatable bonds is 4. The smallest absolute Gasteiger partial charge is 0.395 e. The van der Waals surface area contributed by atoms with Gasteiger partial charge >= 0.3 is 12.3 Å². The minimum atomic E-state index is -0.721. The fraction of sp³-hybridized carbons (Fsp3) is 0.333. The molecule has 0 unspecified atom stereocenters. The van der Waals surface area contributed by atoms with Crippen LogP contribution in [-0.2, 0) is 5.41 Å². The molecule has 6 nitrogen and oxygen atoms in total. The van der Waals surface area contributed by atoms with E-state index in [2.05, 4.69) is 32.9 Å². The Hall–Kier alpha value is -4.58. The molecule has 4 rings (SSSR count). The Bertz CT molecular complexity index is 1440. The lowest BCUT2D eigenvalue weighted by Crippen LogP contribution is -2.16. The first kappa shape index (κ1) is 38.4. The van der Waals surface area contributed by atoms with Gasteiger partial charge in [0, 0.05) is 0 Å². The van der Waals surface area contributed by atoms with E-state index < -0.39 is 12.3 Å². The highest BCUT2D eigenvalue weighted by molar-refractivity contribution is 5.69. The summed E-state index contributed by atoms with van der Waals surface area (Å²) >= 11 is 0. The van der Waals surface area contributed by atoms with E-state index in [1.807, 2.05) is 86.6 Å². The van der Waals surface area contributed by atoms with Crippen molar-refractivity contribution in [1.82, 2.24) is 0 Å². The van der Waals surface area contributed by atoms with Crippen molar-refractivity contribution in [3.63, 3.8) is 0 Å². The molecule has 0 N–H and O–H groups in total. The van der Waals surface area contributed by atoms with Crippen molar-refractivity contribution in [1.29, 1.82) is 0 Å². The monoisotopic (exact) mass is 614 g/mol. The molecule has 0 aliphatic rings. The summed E-state index contributed by atoms with van der Waals surface area (Å²) in [6, 6.07) is 25.8. The summed E-state index contributed by atoms with van der Waals surface area (Å²) in [4.78, 5) is 23.7. The van der Waals surface area contributed by atoms with Gasteiger partial charge in [-0.05, 0) is 92.1 Å². The first-order valence-electron chi connectivity index (χ1n) is 15.4. The van der Waals surface area contributed by atoms with Gasteiger partial charge < -0.3 is 18.9 Å². The van der Waals surface area contributed by atoms with E-state index in [9.17, 15) is 9.59 Å². The second-order valence-electron chi connectivity index (χ2n) is 11.0. The van der Waals surface area contributed by atoms with Crippen molar-refractivity contribution in [2.75, 3.05) is 0 Å². The molecule has 0 fully saturated rings. The molecule has 0 saturated heterocycles. The molecule has 45 heavy (non-hydrogen) atoms. The molecule has 0 aliphatic carbocycles. The van der Waals surface area contributed by atoms with Gasteiger partial charge in [0.25, 0.3) is 0 Å². The Kier molecular flexibility index (Phi) is 16.2. The standard InChI is InChI=1S/C19H22O3.C16H16O3.2C2H6/c1-13-11-15(19(3,4)5)12-14(2)17(13)22-18(20)21-16-9-7-6-8-10-16;1-11-9-12(2)15(13(3)10-11)19-16(17)18-14-7-5-4-6-8-14;2*1-2/h6-12H,1-5H3;4-10H,1-3H3;2*1-2H3. The lowest BCUT2D eigenvalue weighted by molar-refractivity contribution is 0.150. The molecule has 242 valence electrons. The quantitative estimate of drug-likeness (QED) is 0.168. The van der Waals surface area contributed by atoms with E-state index in [0.29, 0.717) is 23.0 Å². The lowest BCUT2D eigenvalue weighted by atomic mass is 9.85. The van der Waals surface area contributed by atoms with Crippen molar-refractivity contribution in [2.24, 2.45) is 0 Å². The zero-order chi connectivity index (χ0) is 34.2. The third kappa shape index (κ3) is 12.9. The molecule has 0 amide bonds. The Labute approximate surface area is 270 Å². The van der Waals surface area contributed by atoms with Crippen LogP contribution < -0.4 is 18.9 Å². The van der Waals surface area contributed by atoms with Gasteiger partial charge in [-0.2, -0.15) is 0 Å². The molecule has 0 atom stereocenters. The van der Waals surface area contributed by atoms with E-state index in [0.717, 1.165) is 27.8 Å². The molecule has 4 aromatic carbocycles. The second-order valence-corrected chi connectivity index (χ2v) is 11.0. The van der Waals surface area contributed by atoms with Crippen LogP contribution in [0.5, 0.6) is 23.0 Å². The summed E-state index contributed by atoms with van der Waals surface area (Å²) in [5.41, 5.74) is 6.10. The molecule has 6 heteroatoms. The van der Waals surface area contributed by atoms with Crippen LogP contribution >= 0.6 is 0 Å². The fourth-order valence-corrected chi connectivity index (χ4v) is 4.25. The van der Waals surface area contributed by atoms with Gasteiger partial charge in [-0.25, -0.2) is 9.59 Å². The molecule has 0 spiro atoms. The first-order valence-corrected chi connectivity index (χ1v) is 15.4. The minimum absolute atomic E-state index is 0.0542. The van der Waals surface area contributed by atoms with E-state index in [-0.39, 0.29) is 5.41 Å². The maximum absolute atomic E-state index is 11.9. The summed E-state index contributed by atoms with van der Waals surface area (Å²) in [6.07, 6.45) is -1.44. The molecular weight excluding hydrogens is 564 g/mol. The summed E-state index contributed by atoms with van der Waals surface area (Å²) < 4.78 is 20.9. The van der Waals surface area contributed by atoms with Crippen molar-refractivity contribution in [2.45, 2.75) is 88.5 Å². The largest absolute Gasteiger partial charge is 0.519 e. The third-order valence-corrected chi connectivity index (χ3v) is 6.19. The average Bonchev–Trinajstić information content (AvgIpc) is 3.00. The molecule has 0 radical (unpaired) electrons. The van der Waals surface area contributed by atoms with Crippen LogP contribution in [0.3, 0.4) is 0 Å². The molecule has 0 aliphatic heterocycles. The van der Waals surface area contributed by atoms with E-state index in [1.54, 1.807) is 48.5 Å². The van der Waals surface area contributed by atoms with Crippen molar-refractivity contribution in [3.05, 3.63) is 118 Å². The van der Waals surface area contributed by atoms with Gasteiger partial charge in [0.2, 0.25) is 0 Å². The van der Waals surface area contributed by atoms with Gasteiger partial charge in [0.1, 0.15) is 23.0 Å². The van der Waals surface area contributed by atoms with Crippen LogP contribution in [0.15, 0.2) is 84.9 Å². The van der Waals surface area contributed by atoms with Gasteiger partial charge in [0.05, 0.1) is 0 Å². The highest BCUT2D eigenvalue weighted by Crippen LogP contribution is 2.31. The Morgan fingerprint density at radius 2 is 0.800 bits per heavy atom. The molecular formula is C39H50O6. The maximum Gasteiger partial charge on any atom is 0.519 e. The number of hydrogen-bond donors (Lipinski definition) is 0. The molecule has 0 aromatic heterocycles. The number of aryl methyl sites for hydroxylation is 5. The van der Waals surface area contributed by atoms with E-state index >= 15 is 0 Å². The second kappa shape index (κ2) is 18.9. The molecule has 0 saturated carbocycles. The van der Waals surface area contributed by atoms with Crippen molar-refractivity contribution < 1.29 is 28.5 Å².